The van der Waals surface area contributed by atoms with E-state index in [2.05, 4.69) is 5.32 Å². The molecule has 0 unspecified atom stereocenters. The molecule has 132 valence electrons. The molecule has 3 aromatic rings. The van der Waals surface area contributed by atoms with Gasteiger partial charge in [0.25, 0.3) is 5.91 Å². The lowest BCUT2D eigenvalue weighted by Gasteiger charge is -2.18. The van der Waals surface area contributed by atoms with Crippen LogP contribution in [0.25, 0.3) is 10.8 Å². The van der Waals surface area contributed by atoms with Crippen LogP contribution in [0.1, 0.15) is 21.5 Å². The van der Waals surface area contributed by atoms with Crippen LogP contribution >= 0.6 is 0 Å². The van der Waals surface area contributed by atoms with Gasteiger partial charge in [-0.1, -0.05) is 60.7 Å². The Balaban J connectivity index is 1.88. The van der Waals surface area contributed by atoms with E-state index in [1.165, 1.54) is 7.11 Å². The predicted molar refractivity (Wildman–Crippen MR) is 102 cm³/mol. The topological polar surface area (TPSA) is 55.4 Å². The summed E-state index contributed by atoms with van der Waals surface area (Å²) < 4.78 is 4.90. The molecular weight excluding hydrogens is 326 g/mol. The maximum Gasteiger partial charge on any atom is 0.328 e. The molecule has 0 saturated carbocycles. The third-order valence-corrected chi connectivity index (χ3v) is 4.51. The monoisotopic (exact) mass is 347 g/mol. The Morgan fingerprint density at radius 2 is 1.65 bits per heavy atom. The lowest BCUT2D eigenvalue weighted by molar-refractivity contribution is -0.142. The maximum atomic E-state index is 12.8. The average molecular weight is 347 g/mol. The number of nitrogens with one attached hydrogen (secondary N) is 1. The first-order chi connectivity index (χ1) is 12.6. The van der Waals surface area contributed by atoms with Gasteiger partial charge in [-0.2, -0.15) is 0 Å². The Kier molecular flexibility index (Phi) is 5.32. The molecule has 0 saturated heterocycles. The van der Waals surface area contributed by atoms with E-state index in [1.807, 2.05) is 67.6 Å². The summed E-state index contributed by atoms with van der Waals surface area (Å²) in [5.74, 6) is -0.743. The number of ether oxygens (including phenoxy) is 1. The number of benzene rings is 3. The molecule has 1 amide bonds. The molecule has 0 aliphatic rings. The molecule has 0 bridgehead atoms. The van der Waals surface area contributed by atoms with E-state index >= 15 is 0 Å². The van der Waals surface area contributed by atoms with Crippen molar-refractivity contribution in [2.24, 2.45) is 0 Å². The highest BCUT2D eigenvalue weighted by Crippen LogP contribution is 2.19. The van der Waals surface area contributed by atoms with Crippen molar-refractivity contribution in [1.82, 2.24) is 5.32 Å². The zero-order valence-electron chi connectivity index (χ0n) is 14.9. The molecule has 1 N–H and O–H groups in total. The second kappa shape index (κ2) is 7.83. The lowest BCUT2D eigenvalue weighted by atomic mass is 10.00. The number of fused-ring (bicyclic) bond motifs is 1. The van der Waals surface area contributed by atoms with Crippen LogP contribution in [0.3, 0.4) is 0 Å². The Bertz CT molecular complexity index is 944. The molecule has 0 fully saturated rings. The molecule has 0 heterocycles. The van der Waals surface area contributed by atoms with E-state index in [-0.39, 0.29) is 5.91 Å². The summed E-state index contributed by atoms with van der Waals surface area (Å²) in [6.07, 6.45) is 0.385. The summed E-state index contributed by atoms with van der Waals surface area (Å²) in [4.78, 5) is 25.1. The van der Waals surface area contributed by atoms with Gasteiger partial charge in [-0.3, -0.25) is 4.79 Å². The van der Waals surface area contributed by atoms with Crippen LogP contribution in [-0.4, -0.2) is 25.0 Å². The Morgan fingerprint density at radius 1 is 0.962 bits per heavy atom. The van der Waals surface area contributed by atoms with Crippen molar-refractivity contribution < 1.29 is 14.3 Å². The Morgan fingerprint density at radius 3 is 2.42 bits per heavy atom. The molecule has 0 aliphatic heterocycles. The zero-order chi connectivity index (χ0) is 18.5. The summed E-state index contributed by atoms with van der Waals surface area (Å²) in [6.45, 7) is 1.98. The number of carbonyl (C=O) groups is 2. The fourth-order valence-corrected chi connectivity index (χ4v) is 3.05. The van der Waals surface area contributed by atoms with Crippen molar-refractivity contribution in [3.8, 4) is 0 Å². The molecule has 1 atom stereocenters. The molecule has 3 rings (SSSR count). The van der Waals surface area contributed by atoms with Gasteiger partial charge in [-0.15, -0.1) is 0 Å². The fourth-order valence-electron chi connectivity index (χ4n) is 3.05. The highest BCUT2D eigenvalue weighted by Gasteiger charge is 2.23. The SMILES string of the molecule is COC(=O)[C@H](Cc1ccccc1C)NC(=O)c1cccc2ccccc12. The van der Waals surface area contributed by atoms with E-state index in [4.69, 9.17) is 4.74 Å². The molecule has 3 aromatic carbocycles. The quantitative estimate of drug-likeness (QED) is 0.717. The van der Waals surface area contributed by atoms with Gasteiger partial charge in [0.15, 0.2) is 0 Å². The van der Waals surface area contributed by atoms with Gasteiger partial charge in [0.2, 0.25) is 0 Å². The predicted octanol–water partition coefficient (Wildman–Crippen LogP) is 3.66. The summed E-state index contributed by atoms with van der Waals surface area (Å²) in [7, 11) is 1.33. The highest BCUT2D eigenvalue weighted by atomic mass is 16.5. The fraction of sp³-hybridized carbons (Fsp3) is 0.182. The average Bonchev–Trinajstić information content (AvgIpc) is 2.67. The van der Waals surface area contributed by atoms with E-state index in [0.29, 0.717) is 12.0 Å². The molecule has 0 aliphatic carbocycles. The second-order valence-electron chi connectivity index (χ2n) is 6.21. The van der Waals surface area contributed by atoms with Gasteiger partial charge in [0.1, 0.15) is 6.04 Å². The van der Waals surface area contributed by atoms with Crippen molar-refractivity contribution in [2.45, 2.75) is 19.4 Å². The van der Waals surface area contributed by atoms with Crippen molar-refractivity contribution >= 4 is 22.6 Å². The first kappa shape index (κ1) is 17.7. The van der Waals surface area contributed by atoms with Crippen LogP contribution in [0.2, 0.25) is 0 Å². The smallest absolute Gasteiger partial charge is 0.328 e. The Labute approximate surface area is 152 Å². The van der Waals surface area contributed by atoms with Gasteiger partial charge in [0.05, 0.1) is 7.11 Å². The summed E-state index contributed by atoms with van der Waals surface area (Å²) in [5.41, 5.74) is 2.61. The maximum absolute atomic E-state index is 12.8. The molecule has 0 radical (unpaired) electrons. The number of aryl methyl sites for hydroxylation is 1. The lowest BCUT2D eigenvalue weighted by Crippen LogP contribution is -2.43. The van der Waals surface area contributed by atoms with Crippen LogP contribution in [-0.2, 0) is 16.0 Å². The number of esters is 1. The van der Waals surface area contributed by atoms with Crippen LogP contribution < -0.4 is 5.32 Å². The number of hydrogen-bond acceptors (Lipinski definition) is 3. The third kappa shape index (κ3) is 3.75. The van der Waals surface area contributed by atoms with Crippen LogP contribution in [0.4, 0.5) is 0 Å². The van der Waals surface area contributed by atoms with E-state index in [0.717, 1.165) is 21.9 Å². The molecule has 0 aromatic heterocycles. The van der Waals surface area contributed by atoms with Crippen LogP contribution in [0, 0.1) is 6.92 Å². The Hall–Kier alpha value is -3.14. The molecule has 0 spiro atoms. The first-order valence-electron chi connectivity index (χ1n) is 8.51. The molecular formula is C22H21NO3. The number of methoxy groups -OCH3 is 1. The number of hydrogen-bond donors (Lipinski definition) is 1. The van der Waals surface area contributed by atoms with E-state index < -0.39 is 12.0 Å². The van der Waals surface area contributed by atoms with Crippen molar-refractivity contribution in [1.29, 1.82) is 0 Å². The number of rotatable bonds is 5. The summed E-state index contributed by atoms with van der Waals surface area (Å²) >= 11 is 0. The number of amides is 1. The minimum atomic E-state index is -0.743. The second-order valence-corrected chi connectivity index (χ2v) is 6.21. The van der Waals surface area contributed by atoms with Gasteiger partial charge in [-0.25, -0.2) is 4.79 Å². The number of carbonyl (C=O) groups excluding carboxylic acids is 2. The third-order valence-electron chi connectivity index (χ3n) is 4.51. The van der Waals surface area contributed by atoms with Gasteiger partial charge >= 0.3 is 5.97 Å². The standard InChI is InChI=1S/C22H21NO3/c1-15-8-3-4-10-17(15)14-20(22(25)26-2)23-21(24)19-13-7-11-16-9-5-6-12-18(16)19/h3-13,20H,14H2,1-2H3,(H,23,24)/t20-/m0/s1. The van der Waals surface area contributed by atoms with Crippen molar-refractivity contribution in [3.63, 3.8) is 0 Å². The van der Waals surface area contributed by atoms with Crippen molar-refractivity contribution in [2.75, 3.05) is 7.11 Å². The molecule has 4 heteroatoms. The largest absolute Gasteiger partial charge is 0.467 e. The first-order valence-corrected chi connectivity index (χ1v) is 8.51. The highest BCUT2D eigenvalue weighted by molar-refractivity contribution is 6.08. The van der Waals surface area contributed by atoms with E-state index in [9.17, 15) is 9.59 Å². The van der Waals surface area contributed by atoms with Crippen LogP contribution in [0.15, 0.2) is 66.7 Å². The normalized spacial score (nSPS) is 11.8. The van der Waals surface area contributed by atoms with Gasteiger partial charge in [-0.05, 0) is 34.9 Å². The van der Waals surface area contributed by atoms with Gasteiger partial charge < -0.3 is 10.1 Å². The summed E-state index contributed by atoms with van der Waals surface area (Å²) in [6, 6.07) is 20.3. The molecule has 4 nitrogen and oxygen atoms in total. The minimum Gasteiger partial charge on any atom is -0.467 e. The van der Waals surface area contributed by atoms with Crippen LogP contribution in [0.5, 0.6) is 0 Å². The summed E-state index contributed by atoms with van der Waals surface area (Å²) in [5, 5.41) is 4.67. The zero-order valence-corrected chi connectivity index (χ0v) is 14.9. The van der Waals surface area contributed by atoms with Crippen molar-refractivity contribution in [3.05, 3.63) is 83.4 Å². The van der Waals surface area contributed by atoms with Gasteiger partial charge in [0, 0.05) is 12.0 Å². The minimum absolute atomic E-state index is 0.286. The molecule has 26 heavy (non-hydrogen) atoms. The van der Waals surface area contributed by atoms with E-state index in [1.54, 1.807) is 6.07 Å².